The van der Waals surface area contributed by atoms with Crippen LogP contribution in [0.25, 0.3) is 11.4 Å². The first kappa shape index (κ1) is 21.6. The van der Waals surface area contributed by atoms with Gasteiger partial charge in [0.25, 0.3) is 5.91 Å². The summed E-state index contributed by atoms with van der Waals surface area (Å²) in [6.45, 7) is 7.09. The Labute approximate surface area is 179 Å². The molecule has 2 aromatic heterocycles. The zero-order valence-corrected chi connectivity index (χ0v) is 18.3. The molecule has 0 aliphatic heterocycles. The third kappa shape index (κ3) is 4.73. The molecule has 3 rings (SSSR count). The number of hydrogen-bond acceptors (Lipinski definition) is 6. The van der Waals surface area contributed by atoms with Gasteiger partial charge in [0.15, 0.2) is 11.0 Å². The normalized spacial score (nSPS) is 10.8. The predicted octanol–water partition coefficient (Wildman–Crippen LogP) is 3.60. The Morgan fingerprint density at radius 1 is 1.13 bits per heavy atom. The van der Waals surface area contributed by atoms with Crippen molar-refractivity contribution in [3.8, 4) is 11.4 Å². The maximum absolute atomic E-state index is 12.4. The van der Waals surface area contributed by atoms with Gasteiger partial charge in [-0.25, -0.2) is 0 Å². The summed E-state index contributed by atoms with van der Waals surface area (Å²) in [6.07, 6.45) is 1.61. The Hall–Kier alpha value is -3.07. The first-order valence-electron chi connectivity index (χ1n) is 9.70. The van der Waals surface area contributed by atoms with E-state index in [-0.39, 0.29) is 17.6 Å². The molecule has 0 aliphatic rings. The minimum atomic E-state index is -0.160. The average Bonchev–Trinajstić information content (AvgIpc) is 3.32. The molecule has 0 fully saturated rings. The highest BCUT2D eigenvalue weighted by Crippen LogP contribution is 2.25. The highest BCUT2D eigenvalue weighted by Gasteiger charge is 2.16. The number of amides is 2. The molecule has 0 saturated heterocycles. The van der Waals surface area contributed by atoms with Gasteiger partial charge in [-0.15, -0.1) is 10.2 Å². The minimum Gasteiger partial charge on any atom is -0.469 e. The van der Waals surface area contributed by atoms with Crippen molar-refractivity contribution in [2.24, 2.45) is 7.05 Å². The molecule has 0 aliphatic carbocycles. The van der Waals surface area contributed by atoms with Gasteiger partial charge in [0.1, 0.15) is 5.76 Å². The van der Waals surface area contributed by atoms with Gasteiger partial charge in [0, 0.05) is 31.4 Å². The van der Waals surface area contributed by atoms with Crippen LogP contribution in [-0.4, -0.2) is 50.3 Å². The molecule has 1 N–H and O–H groups in total. The molecule has 3 aromatic rings. The molecule has 0 unspecified atom stereocenters. The Kier molecular flexibility index (Phi) is 6.94. The monoisotopic (exact) mass is 427 g/mol. The number of rotatable bonds is 8. The van der Waals surface area contributed by atoms with E-state index >= 15 is 0 Å². The number of aromatic nitrogens is 3. The zero-order chi connectivity index (χ0) is 21.7. The quantitative estimate of drug-likeness (QED) is 0.552. The second-order valence-corrected chi connectivity index (χ2v) is 7.59. The van der Waals surface area contributed by atoms with E-state index in [1.807, 2.05) is 38.5 Å². The highest BCUT2D eigenvalue weighted by molar-refractivity contribution is 7.99. The van der Waals surface area contributed by atoms with Crippen molar-refractivity contribution >= 4 is 29.3 Å². The van der Waals surface area contributed by atoms with Crippen molar-refractivity contribution in [2.75, 3.05) is 24.2 Å². The van der Waals surface area contributed by atoms with Crippen molar-refractivity contribution in [1.29, 1.82) is 0 Å². The van der Waals surface area contributed by atoms with Crippen molar-refractivity contribution in [3.05, 3.63) is 47.9 Å². The maximum Gasteiger partial charge on any atom is 0.253 e. The van der Waals surface area contributed by atoms with E-state index in [1.54, 1.807) is 35.4 Å². The van der Waals surface area contributed by atoms with Gasteiger partial charge in [0.05, 0.1) is 17.6 Å². The lowest BCUT2D eigenvalue weighted by Crippen LogP contribution is -2.30. The van der Waals surface area contributed by atoms with E-state index < -0.39 is 0 Å². The number of nitrogens with zero attached hydrogens (tertiary/aromatic N) is 4. The van der Waals surface area contributed by atoms with E-state index in [4.69, 9.17) is 4.42 Å². The van der Waals surface area contributed by atoms with Gasteiger partial charge in [0.2, 0.25) is 5.91 Å². The molecule has 1 aromatic carbocycles. The number of aryl methyl sites for hydroxylation is 1. The van der Waals surface area contributed by atoms with Gasteiger partial charge in [-0.1, -0.05) is 11.8 Å². The predicted molar refractivity (Wildman–Crippen MR) is 116 cm³/mol. The van der Waals surface area contributed by atoms with E-state index in [9.17, 15) is 9.59 Å². The summed E-state index contributed by atoms with van der Waals surface area (Å²) >= 11 is 1.30. The number of carbonyl (C=O) groups excluding carboxylic acids is 2. The lowest BCUT2D eigenvalue weighted by Gasteiger charge is -2.18. The van der Waals surface area contributed by atoms with Crippen LogP contribution in [0.4, 0.5) is 5.69 Å². The van der Waals surface area contributed by atoms with Crippen LogP contribution < -0.4 is 5.32 Å². The molecule has 158 valence electrons. The van der Waals surface area contributed by atoms with Crippen LogP contribution in [0, 0.1) is 6.92 Å². The SMILES string of the molecule is CCN(CC)C(=O)c1ccc(NC(=O)CSc2nnc(-c3ccoc3C)n2C)cc1. The lowest BCUT2D eigenvalue weighted by molar-refractivity contribution is -0.113. The van der Waals surface area contributed by atoms with Crippen molar-refractivity contribution in [2.45, 2.75) is 25.9 Å². The molecular formula is C21H25N5O3S. The molecule has 0 saturated carbocycles. The number of hydrogen-bond donors (Lipinski definition) is 1. The summed E-state index contributed by atoms with van der Waals surface area (Å²) in [5.41, 5.74) is 2.12. The van der Waals surface area contributed by atoms with Gasteiger partial charge >= 0.3 is 0 Å². The minimum absolute atomic E-state index is 0.0145. The molecular weight excluding hydrogens is 402 g/mol. The Morgan fingerprint density at radius 2 is 1.83 bits per heavy atom. The molecule has 2 heterocycles. The molecule has 0 bridgehead atoms. The van der Waals surface area contributed by atoms with Gasteiger partial charge in [-0.3, -0.25) is 9.59 Å². The van der Waals surface area contributed by atoms with E-state index in [0.29, 0.717) is 35.3 Å². The van der Waals surface area contributed by atoms with Crippen LogP contribution in [0.3, 0.4) is 0 Å². The van der Waals surface area contributed by atoms with Crippen LogP contribution in [0.1, 0.15) is 30.0 Å². The van der Waals surface area contributed by atoms with Crippen LogP contribution in [0.15, 0.2) is 46.2 Å². The summed E-state index contributed by atoms with van der Waals surface area (Å²) in [4.78, 5) is 26.4. The maximum atomic E-state index is 12.4. The van der Waals surface area contributed by atoms with Crippen LogP contribution >= 0.6 is 11.8 Å². The van der Waals surface area contributed by atoms with Crippen LogP contribution in [-0.2, 0) is 11.8 Å². The lowest BCUT2D eigenvalue weighted by atomic mass is 10.2. The molecule has 30 heavy (non-hydrogen) atoms. The number of benzene rings is 1. The Balaban J connectivity index is 1.57. The summed E-state index contributed by atoms with van der Waals surface area (Å²) in [7, 11) is 1.85. The Morgan fingerprint density at radius 3 is 2.43 bits per heavy atom. The number of nitrogens with one attached hydrogen (secondary N) is 1. The Bertz CT molecular complexity index is 1020. The van der Waals surface area contributed by atoms with E-state index in [1.165, 1.54) is 11.8 Å². The molecule has 0 radical (unpaired) electrons. The van der Waals surface area contributed by atoms with Gasteiger partial charge < -0.3 is 19.2 Å². The van der Waals surface area contributed by atoms with E-state index in [2.05, 4.69) is 15.5 Å². The third-order valence-corrected chi connectivity index (χ3v) is 5.75. The first-order chi connectivity index (χ1) is 14.4. The second-order valence-electron chi connectivity index (χ2n) is 6.65. The summed E-state index contributed by atoms with van der Waals surface area (Å²) < 4.78 is 7.16. The smallest absolute Gasteiger partial charge is 0.253 e. The second kappa shape index (κ2) is 9.62. The van der Waals surface area contributed by atoms with Crippen LogP contribution in [0.5, 0.6) is 0 Å². The molecule has 0 spiro atoms. The van der Waals surface area contributed by atoms with Crippen molar-refractivity contribution < 1.29 is 14.0 Å². The number of furan rings is 1. The van der Waals surface area contributed by atoms with Crippen molar-refractivity contribution in [1.82, 2.24) is 19.7 Å². The standard InChI is InChI=1S/C21H25N5O3S/c1-5-26(6-2)20(28)15-7-9-16(10-8-15)22-18(27)13-30-21-24-23-19(25(21)4)17-11-12-29-14(17)3/h7-12H,5-6,13H2,1-4H3,(H,22,27). The average molecular weight is 428 g/mol. The summed E-state index contributed by atoms with van der Waals surface area (Å²) in [5.74, 6) is 1.47. The topological polar surface area (TPSA) is 93.3 Å². The van der Waals surface area contributed by atoms with E-state index in [0.717, 1.165) is 11.3 Å². The van der Waals surface area contributed by atoms with Crippen molar-refractivity contribution in [3.63, 3.8) is 0 Å². The molecule has 8 nitrogen and oxygen atoms in total. The molecule has 2 amide bonds. The fourth-order valence-electron chi connectivity index (χ4n) is 3.01. The highest BCUT2D eigenvalue weighted by atomic mass is 32.2. The van der Waals surface area contributed by atoms with Gasteiger partial charge in [-0.05, 0) is 51.1 Å². The van der Waals surface area contributed by atoms with Crippen LogP contribution in [0.2, 0.25) is 0 Å². The number of thioether (sulfide) groups is 1. The summed E-state index contributed by atoms with van der Waals surface area (Å²) in [6, 6.07) is 8.77. The third-order valence-electron chi connectivity index (χ3n) is 4.73. The largest absolute Gasteiger partial charge is 0.469 e. The summed E-state index contributed by atoms with van der Waals surface area (Å²) in [5, 5.41) is 11.8. The zero-order valence-electron chi connectivity index (χ0n) is 17.5. The fraction of sp³-hybridized carbons (Fsp3) is 0.333. The molecule has 9 heteroatoms. The number of carbonyl (C=O) groups is 2. The number of anilines is 1. The first-order valence-corrected chi connectivity index (χ1v) is 10.7. The fourth-order valence-corrected chi connectivity index (χ4v) is 3.72. The van der Waals surface area contributed by atoms with Gasteiger partial charge in [-0.2, -0.15) is 0 Å². The molecule has 0 atom stereocenters.